The topological polar surface area (TPSA) is 49.9 Å². The third-order valence-electron chi connectivity index (χ3n) is 5.08. The van der Waals surface area contributed by atoms with Gasteiger partial charge in [0.2, 0.25) is 5.91 Å². The number of aryl methyl sites for hydroxylation is 1. The summed E-state index contributed by atoms with van der Waals surface area (Å²) in [7, 11) is 1.57. The van der Waals surface area contributed by atoms with E-state index in [1.807, 2.05) is 53.1 Å². The molecule has 0 unspecified atom stereocenters. The summed E-state index contributed by atoms with van der Waals surface area (Å²) < 4.78 is 5.31. The van der Waals surface area contributed by atoms with Gasteiger partial charge in [-0.3, -0.25) is 9.59 Å². The van der Waals surface area contributed by atoms with Gasteiger partial charge in [-0.1, -0.05) is 36.4 Å². The third-order valence-corrected chi connectivity index (χ3v) is 5.08. The summed E-state index contributed by atoms with van der Waals surface area (Å²) in [6.07, 6.45) is 1.19. The predicted molar refractivity (Wildman–Crippen MR) is 105 cm³/mol. The Balaban J connectivity index is 1.64. The summed E-state index contributed by atoms with van der Waals surface area (Å²) in [6.45, 7) is 4.45. The highest BCUT2D eigenvalue weighted by Crippen LogP contribution is 2.20. The fourth-order valence-corrected chi connectivity index (χ4v) is 3.44. The average molecular weight is 366 g/mol. The minimum Gasteiger partial charge on any atom is -0.496 e. The van der Waals surface area contributed by atoms with Gasteiger partial charge in [-0.25, -0.2) is 0 Å². The second-order valence-electron chi connectivity index (χ2n) is 6.83. The van der Waals surface area contributed by atoms with Crippen LogP contribution in [0.25, 0.3) is 0 Å². The number of nitrogens with zero attached hydrogens (tertiary/aromatic N) is 2. The van der Waals surface area contributed by atoms with Gasteiger partial charge < -0.3 is 14.5 Å². The zero-order chi connectivity index (χ0) is 19.2. The summed E-state index contributed by atoms with van der Waals surface area (Å²) >= 11 is 0. The van der Waals surface area contributed by atoms with Crippen LogP contribution in [-0.2, 0) is 11.2 Å². The van der Waals surface area contributed by atoms with Gasteiger partial charge in [0, 0.05) is 26.2 Å². The molecule has 1 aliphatic heterocycles. The quantitative estimate of drug-likeness (QED) is 0.836. The van der Waals surface area contributed by atoms with Gasteiger partial charge in [0.1, 0.15) is 5.75 Å². The van der Waals surface area contributed by atoms with E-state index in [1.165, 1.54) is 0 Å². The second-order valence-corrected chi connectivity index (χ2v) is 6.83. The number of methoxy groups -OCH3 is 1. The molecule has 142 valence electrons. The number of hydrogen-bond donors (Lipinski definition) is 0. The normalized spacial score (nSPS) is 14.6. The van der Waals surface area contributed by atoms with Crippen molar-refractivity contribution in [3.8, 4) is 5.75 Å². The van der Waals surface area contributed by atoms with Crippen molar-refractivity contribution in [2.45, 2.75) is 19.8 Å². The maximum atomic E-state index is 12.9. The van der Waals surface area contributed by atoms with Crippen LogP contribution in [0.2, 0.25) is 0 Å². The standard InChI is InChI=1S/C22H26N2O3/c1-17-8-3-4-9-18(17)16-21(25)23-12-7-13-24(15-14-23)22(26)19-10-5-6-11-20(19)27-2/h3-6,8-11H,7,12-16H2,1-2H3. The molecule has 2 aromatic carbocycles. The Kier molecular flexibility index (Phi) is 6.12. The minimum atomic E-state index is -0.0411. The lowest BCUT2D eigenvalue weighted by molar-refractivity contribution is -0.130. The Bertz CT molecular complexity index is 819. The van der Waals surface area contributed by atoms with Gasteiger partial charge in [-0.2, -0.15) is 0 Å². The lowest BCUT2D eigenvalue weighted by Crippen LogP contribution is -2.38. The molecule has 1 heterocycles. The Morgan fingerprint density at radius 2 is 1.59 bits per heavy atom. The molecule has 0 aromatic heterocycles. The fourth-order valence-electron chi connectivity index (χ4n) is 3.44. The van der Waals surface area contributed by atoms with Gasteiger partial charge in [0.25, 0.3) is 5.91 Å². The van der Waals surface area contributed by atoms with Crippen molar-refractivity contribution in [1.82, 2.24) is 9.80 Å². The number of carbonyl (C=O) groups is 2. The molecule has 0 N–H and O–H groups in total. The zero-order valence-electron chi connectivity index (χ0n) is 16.0. The molecule has 2 aromatic rings. The number of para-hydroxylation sites is 1. The van der Waals surface area contributed by atoms with Crippen LogP contribution in [0.4, 0.5) is 0 Å². The highest BCUT2D eigenvalue weighted by atomic mass is 16.5. The van der Waals surface area contributed by atoms with Gasteiger partial charge in [-0.05, 0) is 36.6 Å². The molecule has 27 heavy (non-hydrogen) atoms. The number of rotatable bonds is 4. The molecule has 2 amide bonds. The highest BCUT2D eigenvalue weighted by molar-refractivity contribution is 5.97. The van der Waals surface area contributed by atoms with Crippen LogP contribution in [0.15, 0.2) is 48.5 Å². The molecule has 0 atom stereocenters. The van der Waals surface area contributed by atoms with Crippen molar-refractivity contribution in [3.05, 3.63) is 65.2 Å². The first kappa shape index (κ1) is 19.0. The molecule has 0 radical (unpaired) electrons. The Morgan fingerprint density at radius 3 is 2.37 bits per heavy atom. The van der Waals surface area contributed by atoms with Crippen LogP contribution >= 0.6 is 0 Å². The highest BCUT2D eigenvalue weighted by Gasteiger charge is 2.24. The van der Waals surface area contributed by atoms with E-state index in [4.69, 9.17) is 4.74 Å². The van der Waals surface area contributed by atoms with Crippen molar-refractivity contribution in [2.24, 2.45) is 0 Å². The van der Waals surface area contributed by atoms with E-state index in [0.717, 1.165) is 17.5 Å². The number of ether oxygens (including phenoxy) is 1. The van der Waals surface area contributed by atoms with E-state index < -0.39 is 0 Å². The first-order valence-corrected chi connectivity index (χ1v) is 9.34. The Morgan fingerprint density at radius 1 is 0.926 bits per heavy atom. The van der Waals surface area contributed by atoms with Gasteiger partial charge in [-0.15, -0.1) is 0 Å². The summed E-state index contributed by atoms with van der Waals surface area (Å²) in [5.74, 6) is 0.663. The first-order chi connectivity index (χ1) is 13.1. The molecule has 3 rings (SSSR count). The molecule has 0 bridgehead atoms. The lowest BCUT2D eigenvalue weighted by atomic mass is 10.1. The molecule has 1 aliphatic rings. The fraction of sp³-hybridized carbons (Fsp3) is 0.364. The van der Waals surface area contributed by atoms with E-state index in [0.29, 0.717) is 43.9 Å². The Hall–Kier alpha value is -2.82. The lowest BCUT2D eigenvalue weighted by Gasteiger charge is -2.23. The molecule has 5 heteroatoms. The number of amides is 2. The number of carbonyl (C=O) groups excluding carboxylic acids is 2. The number of hydrogen-bond acceptors (Lipinski definition) is 3. The third kappa shape index (κ3) is 4.48. The minimum absolute atomic E-state index is 0.0411. The van der Waals surface area contributed by atoms with Crippen LogP contribution in [0, 0.1) is 6.92 Å². The maximum Gasteiger partial charge on any atom is 0.257 e. The number of benzene rings is 2. The van der Waals surface area contributed by atoms with Crippen molar-refractivity contribution < 1.29 is 14.3 Å². The SMILES string of the molecule is COc1ccccc1C(=O)N1CCCN(C(=O)Cc2ccccc2C)CC1. The zero-order valence-corrected chi connectivity index (χ0v) is 16.0. The molecule has 1 fully saturated rings. The van der Waals surface area contributed by atoms with Crippen LogP contribution in [0.5, 0.6) is 5.75 Å². The molecule has 5 nitrogen and oxygen atoms in total. The molecule has 0 aliphatic carbocycles. The van der Waals surface area contributed by atoms with Crippen molar-refractivity contribution in [1.29, 1.82) is 0 Å². The second kappa shape index (κ2) is 8.71. The largest absolute Gasteiger partial charge is 0.496 e. The summed E-state index contributed by atoms with van der Waals surface area (Å²) in [5.41, 5.74) is 2.77. The summed E-state index contributed by atoms with van der Waals surface area (Å²) in [5, 5.41) is 0. The van der Waals surface area contributed by atoms with Crippen molar-refractivity contribution in [2.75, 3.05) is 33.3 Å². The van der Waals surface area contributed by atoms with Crippen molar-refractivity contribution in [3.63, 3.8) is 0 Å². The van der Waals surface area contributed by atoms with Crippen LogP contribution in [0.1, 0.15) is 27.9 Å². The monoisotopic (exact) mass is 366 g/mol. The maximum absolute atomic E-state index is 12.9. The smallest absolute Gasteiger partial charge is 0.257 e. The van der Waals surface area contributed by atoms with Gasteiger partial charge in [0.15, 0.2) is 0 Å². The van der Waals surface area contributed by atoms with Crippen LogP contribution in [0.3, 0.4) is 0 Å². The first-order valence-electron chi connectivity index (χ1n) is 9.34. The Labute approximate surface area is 160 Å². The molecular weight excluding hydrogens is 340 g/mol. The van der Waals surface area contributed by atoms with Crippen molar-refractivity contribution >= 4 is 11.8 Å². The van der Waals surface area contributed by atoms with E-state index in [1.54, 1.807) is 19.2 Å². The van der Waals surface area contributed by atoms with Gasteiger partial charge >= 0.3 is 0 Å². The van der Waals surface area contributed by atoms with E-state index in [2.05, 4.69) is 0 Å². The van der Waals surface area contributed by atoms with E-state index in [-0.39, 0.29) is 11.8 Å². The summed E-state index contributed by atoms with van der Waals surface area (Å²) in [4.78, 5) is 29.3. The van der Waals surface area contributed by atoms with Gasteiger partial charge in [0.05, 0.1) is 19.1 Å². The molecule has 1 saturated heterocycles. The van der Waals surface area contributed by atoms with E-state index in [9.17, 15) is 9.59 Å². The predicted octanol–water partition coefficient (Wildman–Crippen LogP) is 2.92. The summed E-state index contributed by atoms with van der Waals surface area (Å²) in [6, 6.07) is 15.2. The molecule has 0 spiro atoms. The van der Waals surface area contributed by atoms with Crippen LogP contribution in [-0.4, -0.2) is 54.9 Å². The van der Waals surface area contributed by atoms with Crippen LogP contribution < -0.4 is 4.74 Å². The molecule has 0 saturated carbocycles. The average Bonchev–Trinajstić information content (AvgIpc) is 2.95. The van der Waals surface area contributed by atoms with E-state index >= 15 is 0 Å². The molecular formula is C22H26N2O3.